The van der Waals surface area contributed by atoms with Crippen LogP contribution in [0, 0.1) is 6.92 Å². The van der Waals surface area contributed by atoms with Crippen molar-refractivity contribution in [3.05, 3.63) is 77.4 Å². The zero-order valence-corrected chi connectivity index (χ0v) is 16.6. The highest BCUT2D eigenvalue weighted by molar-refractivity contribution is 6.09. The number of hydrogen-bond acceptors (Lipinski definition) is 4. The number of para-hydroxylation sites is 1. The molecule has 1 heterocycles. The number of methoxy groups -OCH3 is 1. The van der Waals surface area contributed by atoms with E-state index in [-0.39, 0.29) is 11.9 Å². The van der Waals surface area contributed by atoms with E-state index < -0.39 is 0 Å². The van der Waals surface area contributed by atoms with Crippen LogP contribution in [0.5, 0.6) is 5.75 Å². The molecule has 0 aliphatic heterocycles. The van der Waals surface area contributed by atoms with Crippen LogP contribution in [0.1, 0.15) is 28.4 Å². The van der Waals surface area contributed by atoms with Gasteiger partial charge >= 0.3 is 11.9 Å². The van der Waals surface area contributed by atoms with Gasteiger partial charge in [-0.2, -0.15) is 0 Å². The first-order chi connectivity index (χ1) is 14.0. The molecule has 146 valence electrons. The molecular weight excluding hydrogens is 366 g/mol. The lowest BCUT2D eigenvalue weighted by atomic mass is 10.1. The van der Waals surface area contributed by atoms with Crippen molar-refractivity contribution in [3.8, 4) is 5.75 Å². The molecule has 29 heavy (non-hydrogen) atoms. The molecule has 0 saturated carbocycles. The molecule has 0 aliphatic carbocycles. The predicted octanol–water partition coefficient (Wildman–Crippen LogP) is 4.86. The largest absolute Gasteiger partial charge is 0.465 e. The zero-order valence-electron chi connectivity index (χ0n) is 16.6. The Bertz CT molecular complexity index is 1240. The van der Waals surface area contributed by atoms with Crippen LogP contribution < -0.4 is 4.74 Å². The fraction of sp³-hybridized carbons (Fsp3) is 0.167. The van der Waals surface area contributed by atoms with E-state index >= 15 is 0 Å². The second-order valence-electron chi connectivity index (χ2n) is 6.97. The Morgan fingerprint density at radius 2 is 1.66 bits per heavy atom. The molecule has 0 N–H and O–H groups in total. The van der Waals surface area contributed by atoms with Gasteiger partial charge in [0, 0.05) is 35.3 Å². The Balaban J connectivity index is 1.87. The van der Waals surface area contributed by atoms with Gasteiger partial charge in [-0.05, 0) is 42.8 Å². The molecule has 0 amide bonds. The molecule has 3 aromatic carbocycles. The first kappa shape index (κ1) is 18.7. The molecule has 5 heteroatoms. The maximum atomic E-state index is 11.7. The molecule has 0 radical (unpaired) electrons. The van der Waals surface area contributed by atoms with Crippen LogP contribution in [0.25, 0.3) is 21.8 Å². The summed E-state index contributed by atoms with van der Waals surface area (Å²) in [5, 5.41) is 2.26. The molecule has 1 aromatic heterocycles. The van der Waals surface area contributed by atoms with Crippen molar-refractivity contribution in [1.29, 1.82) is 0 Å². The first-order valence-corrected chi connectivity index (χ1v) is 9.36. The van der Waals surface area contributed by atoms with E-state index in [1.165, 1.54) is 14.0 Å². The lowest BCUT2D eigenvalue weighted by molar-refractivity contribution is -0.131. The third kappa shape index (κ3) is 3.36. The zero-order chi connectivity index (χ0) is 20.5. The van der Waals surface area contributed by atoms with E-state index in [0.29, 0.717) is 17.9 Å². The summed E-state index contributed by atoms with van der Waals surface area (Å²) in [7, 11) is 1.37. The number of nitrogens with zero attached hydrogens (tertiary/aromatic N) is 1. The quantitative estimate of drug-likeness (QED) is 0.371. The Morgan fingerprint density at radius 1 is 0.931 bits per heavy atom. The van der Waals surface area contributed by atoms with Crippen molar-refractivity contribution in [2.45, 2.75) is 20.4 Å². The van der Waals surface area contributed by atoms with Crippen LogP contribution >= 0.6 is 0 Å². The molecule has 0 aliphatic rings. The number of esters is 2. The second kappa shape index (κ2) is 7.43. The van der Waals surface area contributed by atoms with E-state index in [2.05, 4.69) is 16.7 Å². The topological polar surface area (TPSA) is 57.5 Å². The summed E-state index contributed by atoms with van der Waals surface area (Å²) in [6.07, 6.45) is 0. The van der Waals surface area contributed by atoms with Crippen LogP contribution in [0.3, 0.4) is 0 Å². The van der Waals surface area contributed by atoms with Gasteiger partial charge < -0.3 is 14.0 Å². The van der Waals surface area contributed by atoms with Crippen LogP contribution in [-0.2, 0) is 16.1 Å². The van der Waals surface area contributed by atoms with E-state index in [9.17, 15) is 9.59 Å². The minimum Gasteiger partial charge on any atom is -0.465 e. The SMILES string of the molecule is COC(=O)c1ccc(Cn2c3ccccc3c3ccc(OC(C)=O)c(C)c32)cc1. The molecule has 5 nitrogen and oxygen atoms in total. The van der Waals surface area contributed by atoms with Crippen molar-refractivity contribution >= 4 is 33.7 Å². The van der Waals surface area contributed by atoms with Gasteiger partial charge in [-0.1, -0.05) is 30.3 Å². The number of fused-ring (bicyclic) bond motifs is 3. The maximum absolute atomic E-state index is 11.7. The molecular formula is C24H21NO4. The van der Waals surface area contributed by atoms with Gasteiger partial charge in [-0.25, -0.2) is 4.79 Å². The van der Waals surface area contributed by atoms with Gasteiger partial charge in [-0.3, -0.25) is 4.79 Å². The third-order valence-electron chi connectivity index (χ3n) is 5.11. The lowest BCUT2D eigenvalue weighted by Gasteiger charge is -2.12. The Kier molecular flexibility index (Phi) is 4.80. The summed E-state index contributed by atoms with van der Waals surface area (Å²) in [6, 6.07) is 19.5. The van der Waals surface area contributed by atoms with Gasteiger partial charge in [0.25, 0.3) is 0 Å². The molecule has 4 rings (SSSR count). The fourth-order valence-corrected chi connectivity index (χ4v) is 3.78. The molecule has 4 aromatic rings. The summed E-state index contributed by atoms with van der Waals surface area (Å²) >= 11 is 0. The number of benzene rings is 3. The molecule has 0 atom stereocenters. The van der Waals surface area contributed by atoms with Crippen molar-refractivity contribution < 1.29 is 19.1 Å². The van der Waals surface area contributed by atoms with Gasteiger partial charge in [-0.15, -0.1) is 0 Å². The predicted molar refractivity (Wildman–Crippen MR) is 112 cm³/mol. The Hall–Kier alpha value is -3.60. The molecule has 0 fully saturated rings. The minimum atomic E-state index is -0.352. The molecule has 0 saturated heterocycles. The summed E-state index contributed by atoms with van der Waals surface area (Å²) in [6.45, 7) is 3.99. The van der Waals surface area contributed by atoms with E-state index in [0.717, 1.165) is 32.9 Å². The Labute approximate surface area is 168 Å². The lowest BCUT2D eigenvalue weighted by Crippen LogP contribution is -2.05. The normalized spacial score (nSPS) is 11.0. The van der Waals surface area contributed by atoms with Crippen molar-refractivity contribution in [1.82, 2.24) is 4.57 Å². The first-order valence-electron chi connectivity index (χ1n) is 9.36. The third-order valence-corrected chi connectivity index (χ3v) is 5.11. The monoisotopic (exact) mass is 387 g/mol. The number of aromatic nitrogens is 1. The number of hydrogen-bond donors (Lipinski definition) is 0. The van der Waals surface area contributed by atoms with Crippen LogP contribution in [0.15, 0.2) is 60.7 Å². The number of aryl methyl sites for hydroxylation is 1. The summed E-state index contributed by atoms with van der Waals surface area (Å²) in [5.74, 6) is -0.126. The highest BCUT2D eigenvalue weighted by atomic mass is 16.5. The molecule has 0 spiro atoms. The number of carbonyl (C=O) groups excluding carboxylic acids is 2. The van der Waals surface area contributed by atoms with Crippen LogP contribution in [0.4, 0.5) is 0 Å². The average molecular weight is 387 g/mol. The summed E-state index contributed by atoms with van der Waals surface area (Å²) in [4.78, 5) is 23.2. The van der Waals surface area contributed by atoms with E-state index in [1.54, 1.807) is 12.1 Å². The van der Waals surface area contributed by atoms with Crippen LogP contribution in [0.2, 0.25) is 0 Å². The average Bonchev–Trinajstić information content (AvgIpc) is 3.04. The standard InChI is InChI=1S/C24H21NO4/c1-15-22(29-16(2)26)13-12-20-19-6-4-5-7-21(19)25(23(15)20)14-17-8-10-18(11-9-17)24(27)28-3/h4-13H,14H2,1-3H3. The second-order valence-corrected chi connectivity index (χ2v) is 6.97. The van der Waals surface area contributed by atoms with Crippen LogP contribution in [-0.4, -0.2) is 23.6 Å². The van der Waals surface area contributed by atoms with E-state index in [1.807, 2.05) is 43.3 Å². The fourth-order valence-electron chi connectivity index (χ4n) is 3.78. The van der Waals surface area contributed by atoms with Gasteiger partial charge in [0.2, 0.25) is 0 Å². The Morgan fingerprint density at radius 3 is 2.34 bits per heavy atom. The van der Waals surface area contributed by atoms with Gasteiger partial charge in [0.15, 0.2) is 0 Å². The summed E-state index contributed by atoms with van der Waals surface area (Å²) in [5.41, 5.74) is 4.62. The smallest absolute Gasteiger partial charge is 0.337 e. The van der Waals surface area contributed by atoms with Gasteiger partial charge in [0.1, 0.15) is 5.75 Å². The highest BCUT2D eigenvalue weighted by Crippen LogP contribution is 2.35. The molecule has 0 unspecified atom stereocenters. The van der Waals surface area contributed by atoms with E-state index in [4.69, 9.17) is 9.47 Å². The molecule has 0 bridgehead atoms. The van der Waals surface area contributed by atoms with Crippen molar-refractivity contribution in [2.75, 3.05) is 7.11 Å². The highest BCUT2D eigenvalue weighted by Gasteiger charge is 2.16. The number of carbonyl (C=O) groups is 2. The van der Waals surface area contributed by atoms with Crippen molar-refractivity contribution in [3.63, 3.8) is 0 Å². The summed E-state index contributed by atoms with van der Waals surface area (Å²) < 4.78 is 12.4. The number of rotatable bonds is 4. The van der Waals surface area contributed by atoms with Crippen molar-refractivity contribution in [2.24, 2.45) is 0 Å². The number of ether oxygens (including phenoxy) is 2. The van der Waals surface area contributed by atoms with Gasteiger partial charge in [0.05, 0.1) is 18.2 Å². The minimum absolute atomic E-state index is 0.339. The maximum Gasteiger partial charge on any atom is 0.337 e.